The van der Waals surface area contributed by atoms with Crippen molar-refractivity contribution in [2.24, 2.45) is 0 Å². The monoisotopic (exact) mass is 827 g/mol. The Morgan fingerprint density at radius 3 is 1.09 bits per heavy atom. The first-order valence-corrected chi connectivity index (χ1v) is 22.8. The van der Waals surface area contributed by atoms with Gasteiger partial charge in [0.15, 0.2) is 0 Å². The molecule has 3 aliphatic heterocycles. The minimum absolute atomic E-state index is 0.0402. The van der Waals surface area contributed by atoms with Gasteiger partial charge in [0.05, 0.1) is 17.1 Å². The van der Waals surface area contributed by atoms with Crippen molar-refractivity contribution >= 4 is 117 Å². The van der Waals surface area contributed by atoms with Crippen LogP contribution in [0.4, 0.5) is 51.2 Å². The van der Waals surface area contributed by atoms with Crippen LogP contribution in [0.1, 0.15) is 25.0 Å². The van der Waals surface area contributed by atoms with E-state index in [1.54, 1.807) is 0 Å². The SMILES string of the molecule is CC1(C)c2ccccc2N(c2cc3c4c(c2)N(c2ccc5ccccc5c2)c2cc5ccccc5cc2B4c2cc4ccccc4cc2N3c2ccc3ccccc3c2)c2ccccc21. The molecule has 3 nitrogen and oxygen atoms in total. The van der Waals surface area contributed by atoms with Crippen LogP contribution in [0.5, 0.6) is 0 Å². The summed E-state index contributed by atoms with van der Waals surface area (Å²) in [5.41, 5.74) is 17.0. The van der Waals surface area contributed by atoms with Crippen molar-refractivity contribution in [1.29, 1.82) is 0 Å². The maximum Gasteiger partial charge on any atom is 0.252 e. The summed E-state index contributed by atoms with van der Waals surface area (Å²) in [4.78, 5) is 7.68. The Morgan fingerprint density at radius 2 is 0.646 bits per heavy atom. The minimum atomic E-state index is -0.189. The highest BCUT2D eigenvalue weighted by Gasteiger charge is 2.45. The Labute approximate surface area is 379 Å². The maximum absolute atomic E-state index is 2.57. The lowest BCUT2D eigenvalue weighted by Crippen LogP contribution is -2.61. The highest BCUT2D eigenvalue weighted by atomic mass is 15.2. The summed E-state index contributed by atoms with van der Waals surface area (Å²) in [7, 11) is 0. The number of para-hydroxylation sites is 2. The molecule has 304 valence electrons. The second-order valence-electron chi connectivity index (χ2n) is 18.6. The Morgan fingerprint density at radius 1 is 0.292 bits per heavy atom. The average Bonchev–Trinajstić information content (AvgIpc) is 3.35. The maximum atomic E-state index is 2.57. The van der Waals surface area contributed by atoms with Crippen molar-refractivity contribution in [3.63, 3.8) is 0 Å². The molecule has 0 saturated heterocycles. The van der Waals surface area contributed by atoms with Crippen LogP contribution in [-0.4, -0.2) is 6.71 Å². The van der Waals surface area contributed by atoms with Crippen LogP contribution in [-0.2, 0) is 5.41 Å². The van der Waals surface area contributed by atoms with E-state index in [1.807, 2.05) is 0 Å². The van der Waals surface area contributed by atoms with Crippen LogP contribution >= 0.6 is 0 Å². The normalized spacial score (nSPS) is 14.3. The highest BCUT2D eigenvalue weighted by molar-refractivity contribution is 7.00. The molecule has 0 aromatic heterocycles. The van der Waals surface area contributed by atoms with Crippen molar-refractivity contribution in [3.05, 3.63) is 230 Å². The number of nitrogens with zero attached hydrogens (tertiary/aromatic N) is 3. The zero-order chi connectivity index (χ0) is 43.0. The number of anilines is 9. The van der Waals surface area contributed by atoms with E-state index in [2.05, 4.69) is 247 Å². The van der Waals surface area contributed by atoms with Crippen molar-refractivity contribution < 1.29 is 0 Å². The molecule has 0 saturated carbocycles. The number of rotatable bonds is 3. The Balaban J connectivity index is 1.15. The van der Waals surface area contributed by atoms with Crippen LogP contribution in [0.15, 0.2) is 218 Å². The molecule has 0 fully saturated rings. The third-order valence-electron chi connectivity index (χ3n) is 14.7. The van der Waals surface area contributed by atoms with Crippen LogP contribution in [0, 0.1) is 0 Å². The second-order valence-corrected chi connectivity index (χ2v) is 18.6. The van der Waals surface area contributed by atoms with Crippen molar-refractivity contribution in [1.82, 2.24) is 0 Å². The predicted molar refractivity (Wildman–Crippen MR) is 277 cm³/mol. The van der Waals surface area contributed by atoms with Gasteiger partial charge in [0.25, 0.3) is 6.71 Å². The van der Waals surface area contributed by atoms with Gasteiger partial charge in [-0.3, -0.25) is 0 Å². The summed E-state index contributed by atoms with van der Waals surface area (Å²) in [5, 5.41) is 9.84. The summed E-state index contributed by atoms with van der Waals surface area (Å²) in [5.74, 6) is 0. The van der Waals surface area contributed by atoms with Gasteiger partial charge >= 0.3 is 0 Å². The topological polar surface area (TPSA) is 9.72 Å². The molecule has 3 heterocycles. The van der Waals surface area contributed by atoms with Crippen LogP contribution < -0.4 is 31.1 Å². The number of benzene rings is 11. The molecule has 0 amide bonds. The smallest absolute Gasteiger partial charge is 0.252 e. The van der Waals surface area contributed by atoms with E-state index in [-0.39, 0.29) is 12.1 Å². The molecule has 0 bridgehead atoms. The molecular weight excluding hydrogens is 786 g/mol. The molecular formula is C61H42BN3. The standard InChI is InChI=1S/C61H42BN3/c1-61(2)50-23-11-13-25-54(50)65(55-26-14-12-24-51(55)61)49-37-58-60-59(38-49)64(48-30-28-40-16-4-6-18-42(40)32-48)57-36-46-22-10-8-20-44(46)34-53(57)62(60)52-33-43-19-7-9-21-45(43)35-56(52)63(58)47-29-27-39-15-3-5-17-41(39)31-47/h3-38H,1-2H3. The van der Waals surface area contributed by atoms with E-state index in [0.717, 1.165) is 17.1 Å². The molecule has 11 aromatic carbocycles. The summed E-state index contributed by atoms with van der Waals surface area (Å²) in [6.07, 6.45) is 0. The fourth-order valence-corrected chi connectivity index (χ4v) is 11.6. The molecule has 0 N–H and O–H groups in total. The summed E-state index contributed by atoms with van der Waals surface area (Å²) in [6.45, 7) is 4.70. The lowest BCUT2D eigenvalue weighted by Gasteiger charge is -2.46. The van der Waals surface area contributed by atoms with Gasteiger partial charge in [-0.1, -0.05) is 172 Å². The van der Waals surface area contributed by atoms with Gasteiger partial charge < -0.3 is 14.7 Å². The molecule has 0 spiro atoms. The second kappa shape index (κ2) is 13.5. The molecule has 0 radical (unpaired) electrons. The van der Waals surface area contributed by atoms with Crippen molar-refractivity contribution in [2.45, 2.75) is 19.3 Å². The van der Waals surface area contributed by atoms with Crippen LogP contribution in [0.2, 0.25) is 0 Å². The first-order chi connectivity index (χ1) is 32.0. The molecule has 0 atom stereocenters. The Kier molecular flexibility index (Phi) is 7.54. The fourth-order valence-electron chi connectivity index (χ4n) is 11.6. The molecule has 14 rings (SSSR count). The van der Waals surface area contributed by atoms with E-state index in [0.29, 0.717) is 0 Å². The van der Waals surface area contributed by atoms with Gasteiger partial charge in [-0.05, 0) is 131 Å². The third kappa shape index (κ3) is 5.25. The van der Waals surface area contributed by atoms with Crippen LogP contribution in [0.3, 0.4) is 0 Å². The van der Waals surface area contributed by atoms with Gasteiger partial charge in [0.2, 0.25) is 0 Å². The van der Waals surface area contributed by atoms with E-state index >= 15 is 0 Å². The third-order valence-corrected chi connectivity index (χ3v) is 14.7. The molecule has 3 aliphatic rings. The average molecular weight is 828 g/mol. The van der Waals surface area contributed by atoms with E-state index in [9.17, 15) is 0 Å². The lowest BCUT2D eigenvalue weighted by molar-refractivity contribution is 0.632. The van der Waals surface area contributed by atoms with Crippen LogP contribution in [0.25, 0.3) is 43.1 Å². The molecule has 4 heteroatoms. The van der Waals surface area contributed by atoms with E-state index in [1.165, 1.54) is 105 Å². The van der Waals surface area contributed by atoms with Gasteiger partial charge in [-0.25, -0.2) is 0 Å². The molecule has 0 aliphatic carbocycles. The minimum Gasteiger partial charge on any atom is -0.311 e. The first-order valence-electron chi connectivity index (χ1n) is 22.8. The summed E-state index contributed by atoms with van der Waals surface area (Å²) in [6, 6.07) is 82.1. The first kappa shape index (κ1) is 36.4. The molecule has 11 aromatic rings. The number of hydrogen-bond acceptors (Lipinski definition) is 3. The lowest BCUT2D eigenvalue weighted by atomic mass is 9.33. The fraction of sp³-hybridized carbons (Fsp3) is 0.0492. The number of fused-ring (bicyclic) bond motifs is 10. The quantitative estimate of drug-likeness (QED) is 0.164. The molecule has 65 heavy (non-hydrogen) atoms. The van der Waals surface area contributed by atoms with E-state index in [4.69, 9.17) is 0 Å². The largest absolute Gasteiger partial charge is 0.311 e. The van der Waals surface area contributed by atoms with Gasteiger partial charge in [0, 0.05) is 39.5 Å². The zero-order valence-electron chi connectivity index (χ0n) is 36.2. The highest BCUT2D eigenvalue weighted by Crippen LogP contribution is 2.54. The predicted octanol–water partition coefficient (Wildman–Crippen LogP) is 14.5. The number of hydrogen-bond donors (Lipinski definition) is 0. The van der Waals surface area contributed by atoms with Gasteiger partial charge in [-0.15, -0.1) is 0 Å². The van der Waals surface area contributed by atoms with Gasteiger partial charge in [-0.2, -0.15) is 0 Å². The van der Waals surface area contributed by atoms with Crippen molar-refractivity contribution in [2.75, 3.05) is 14.7 Å². The van der Waals surface area contributed by atoms with Gasteiger partial charge in [0.1, 0.15) is 0 Å². The zero-order valence-corrected chi connectivity index (χ0v) is 36.2. The summed E-state index contributed by atoms with van der Waals surface area (Å²) < 4.78 is 0. The Bertz CT molecular complexity index is 3570. The molecule has 0 unspecified atom stereocenters. The Hall–Kier alpha value is -8.08. The van der Waals surface area contributed by atoms with Crippen molar-refractivity contribution in [3.8, 4) is 0 Å². The van der Waals surface area contributed by atoms with E-state index < -0.39 is 0 Å². The summed E-state index contributed by atoms with van der Waals surface area (Å²) >= 11 is 0.